The zero-order chi connectivity index (χ0) is 17.8. The zero-order valence-electron chi connectivity index (χ0n) is 14.9. The van der Waals surface area contributed by atoms with Gasteiger partial charge in [-0.3, -0.25) is 4.79 Å². The molecule has 1 amide bonds. The summed E-state index contributed by atoms with van der Waals surface area (Å²) >= 11 is 0. The number of hydrogen-bond acceptors (Lipinski definition) is 5. The van der Waals surface area contributed by atoms with E-state index in [-0.39, 0.29) is 12.0 Å². The second-order valence-electron chi connectivity index (χ2n) is 6.84. The molecule has 26 heavy (non-hydrogen) atoms. The molecule has 0 radical (unpaired) electrons. The highest BCUT2D eigenvalue weighted by Gasteiger charge is 2.24. The fourth-order valence-electron chi connectivity index (χ4n) is 3.54. The lowest BCUT2D eigenvalue weighted by molar-refractivity contribution is 0.0857. The maximum absolute atomic E-state index is 12.8. The molecule has 3 heterocycles. The van der Waals surface area contributed by atoms with E-state index in [9.17, 15) is 4.79 Å². The van der Waals surface area contributed by atoms with Crippen molar-refractivity contribution in [2.45, 2.75) is 31.8 Å². The fraction of sp³-hybridized carbons (Fsp3) is 0.450. The molecule has 1 aromatic heterocycles. The van der Waals surface area contributed by atoms with Gasteiger partial charge in [-0.25, -0.2) is 9.97 Å². The third-order valence-corrected chi connectivity index (χ3v) is 4.97. The van der Waals surface area contributed by atoms with Gasteiger partial charge in [-0.05, 0) is 25.7 Å². The van der Waals surface area contributed by atoms with Gasteiger partial charge in [0.15, 0.2) is 5.82 Å². The van der Waals surface area contributed by atoms with E-state index in [0.29, 0.717) is 17.9 Å². The molecule has 6 heteroatoms. The number of rotatable bonds is 5. The van der Waals surface area contributed by atoms with Crippen LogP contribution in [0.25, 0.3) is 11.4 Å². The molecule has 2 saturated heterocycles. The number of aromatic nitrogens is 2. The number of carbonyl (C=O) groups is 1. The van der Waals surface area contributed by atoms with E-state index in [0.717, 1.165) is 56.8 Å². The molecule has 2 aromatic rings. The van der Waals surface area contributed by atoms with Crippen molar-refractivity contribution in [1.29, 1.82) is 0 Å². The van der Waals surface area contributed by atoms with Crippen LogP contribution in [-0.2, 0) is 4.74 Å². The van der Waals surface area contributed by atoms with Crippen molar-refractivity contribution in [2.75, 3.05) is 31.1 Å². The molecule has 136 valence electrons. The minimum absolute atomic E-state index is 0.123. The van der Waals surface area contributed by atoms with Crippen LogP contribution < -0.4 is 10.2 Å². The summed E-state index contributed by atoms with van der Waals surface area (Å²) in [5.74, 6) is 1.27. The number of carbonyl (C=O) groups excluding carboxylic acids is 1. The molecule has 0 aliphatic carbocycles. The molecular formula is C20H24N4O2. The summed E-state index contributed by atoms with van der Waals surface area (Å²) in [6.45, 7) is 3.18. The monoisotopic (exact) mass is 352 g/mol. The second-order valence-corrected chi connectivity index (χ2v) is 6.84. The minimum atomic E-state index is -0.123. The summed E-state index contributed by atoms with van der Waals surface area (Å²) in [7, 11) is 0. The van der Waals surface area contributed by atoms with E-state index in [1.54, 1.807) is 6.20 Å². The minimum Gasteiger partial charge on any atom is -0.376 e. The highest BCUT2D eigenvalue weighted by molar-refractivity contribution is 5.99. The predicted molar refractivity (Wildman–Crippen MR) is 100 cm³/mol. The predicted octanol–water partition coefficient (Wildman–Crippen LogP) is 2.65. The molecule has 0 spiro atoms. The molecule has 2 fully saturated rings. The Balaban J connectivity index is 1.59. The molecule has 4 rings (SSSR count). The number of nitrogens with zero attached hydrogens (tertiary/aromatic N) is 3. The van der Waals surface area contributed by atoms with Gasteiger partial charge in [0.05, 0.1) is 6.10 Å². The molecule has 1 aromatic carbocycles. The van der Waals surface area contributed by atoms with Crippen molar-refractivity contribution in [1.82, 2.24) is 15.3 Å². The first-order valence-corrected chi connectivity index (χ1v) is 9.38. The van der Waals surface area contributed by atoms with Crippen LogP contribution in [0, 0.1) is 0 Å². The maximum atomic E-state index is 12.8. The fourth-order valence-corrected chi connectivity index (χ4v) is 3.54. The van der Waals surface area contributed by atoms with E-state index in [4.69, 9.17) is 9.72 Å². The summed E-state index contributed by atoms with van der Waals surface area (Å²) in [4.78, 5) is 24.1. The number of benzene rings is 1. The highest BCUT2D eigenvalue weighted by atomic mass is 16.5. The lowest BCUT2D eigenvalue weighted by Crippen LogP contribution is -2.33. The van der Waals surface area contributed by atoms with Gasteiger partial charge in [-0.1, -0.05) is 30.3 Å². The third kappa shape index (κ3) is 3.70. The van der Waals surface area contributed by atoms with Crippen LogP contribution in [0.1, 0.15) is 36.0 Å². The van der Waals surface area contributed by atoms with Crippen LogP contribution in [0.15, 0.2) is 36.5 Å². The molecule has 0 saturated carbocycles. The second kappa shape index (κ2) is 7.83. The van der Waals surface area contributed by atoms with Gasteiger partial charge in [0.25, 0.3) is 5.91 Å². The van der Waals surface area contributed by atoms with E-state index in [1.807, 2.05) is 30.3 Å². The van der Waals surface area contributed by atoms with E-state index in [1.165, 1.54) is 0 Å². The smallest absolute Gasteiger partial charge is 0.256 e. The Bertz CT molecular complexity index is 754. The molecule has 2 aliphatic rings. The Kier molecular flexibility index (Phi) is 5.11. The van der Waals surface area contributed by atoms with Crippen molar-refractivity contribution in [3.05, 3.63) is 42.1 Å². The van der Waals surface area contributed by atoms with Crippen molar-refractivity contribution in [3.8, 4) is 11.4 Å². The first kappa shape index (κ1) is 17.0. The van der Waals surface area contributed by atoms with E-state index < -0.39 is 0 Å². The third-order valence-electron chi connectivity index (χ3n) is 4.97. The number of amides is 1. The Morgan fingerprint density at radius 2 is 2.00 bits per heavy atom. The first-order valence-electron chi connectivity index (χ1n) is 9.38. The van der Waals surface area contributed by atoms with Crippen molar-refractivity contribution in [3.63, 3.8) is 0 Å². The van der Waals surface area contributed by atoms with Crippen LogP contribution in [0.3, 0.4) is 0 Å². The van der Waals surface area contributed by atoms with Gasteiger partial charge in [0.1, 0.15) is 11.4 Å². The lowest BCUT2D eigenvalue weighted by Gasteiger charge is -2.20. The molecule has 6 nitrogen and oxygen atoms in total. The average Bonchev–Trinajstić information content (AvgIpc) is 3.40. The largest absolute Gasteiger partial charge is 0.376 e. The van der Waals surface area contributed by atoms with Crippen molar-refractivity contribution < 1.29 is 9.53 Å². The van der Waals surface area contributed by atoms with Gasteiger partial charge < -0.3 is 15.0 Å². The average molecular weight is 352 g/mol. The molecule has 2 aliphatic heterocycles. The molecule has 0 bridgehead atoms. The van der Waals surface area contributed by atoms with Gasteiger partial charge in [-0.2, -0.15) is 0 Å². The maximum Gasteiger partial charge on any atom is 0.256 e. The summed E-state index contributed by atoms with van der Waals surface area (Å²) in [5.41, 5.74) is 1.50. The molecule has 1 N–H and O–H groups in total. The lowest BCUT2D eigenvalue weighted by atomic mass is 10.2. The summed E-state index contributed by atoms with van der Waals surface area (Å²) < 4.78 is 5.59. The molecule has 1 unspecified atom stereocenters. The Labute approximate surface area is 153 Å². The summed E-state index contributed by atoms with van der Waals surface area (Å²) in [5, 5.41) is 2.99. The van der Waals surface area contributed by atoms with Gasteiger partial charge in [0.2, 0.25) is 0 Å². The quantitative estimate of drug-likeness (QED) is 0.896. The zero-order valence-corrected chi connectivity index (χ0v) is 14.9. The topological polar surface area (TPSA) is 67.3 Å². The van der Waals surface area contributed by atoms with Crippen molar-refractivity contribution >= 4 is 11.7 Å². The van der Waals surface area contributed by atoms with Gasteiger partial charge in [-0.15, -0.1) is 0 Å². The first-order chi connectivity index (χ1) is 12.8. The Morgan fingerprint density at radius 3 is 2.73 bits per heavy atom. The van der Waals surface area contributed by atoms with Crippen molar-refractivity contribution in [2.24, 2.45) is 0 Å². The van der Waals surface area contributed by atoms with Crippen LogP contribution in [-0.4, -0.2) is 48.2 Å². The Hall–Kier alpha value is -2.47. The molecule has 1 atom stereocenters. The van der Waals surface area contributed by atoms with E-state index in [2.05, 4.69) is 15.2 Å². The Morgan fingerprint density at radius 1 is 1.19 bits per heavy atom. The van der Waals surface area contributed by atoms with Gasteiger partial charge >= 0.3 is 0 Å². The number of hydrogen-bond donors (Lipinski definition) is 1. The number of ether oxygens (including phenoxy) is 1. The van der Waals surface area contributed by atoms with Gasteiger partial charge in [0, 0.05) is 38.0 Å². The van der Waals surface area contributed by atoms with Crippen LogP contribution in [0.4, 0.5) is 5.82 Å². The highest BCUT2D eigenvalue weighted by Crippen LogP contribution is 2.25. The molecular weight excluding hydrogens is 328 g/mol. The van der Waals surface area contributed by atoms with Crippen LogP contribution in [0.2, 0.25) is 0 Å². The summed E-state index contributed by atoms with van der Waals surface area (Å²) in [6, 6.07) is 9.88. The normalized spacial score (nSPS) is 19.7. The number of nitrogens with one attached hydrogen (secondary N) is 1. The van der Waals surface area contributed by atoms with Crippen LogP contribution >= 0.6 is 0 Å². The SMILES string of the molecule is O=C(NCC1CCCO1)c1cnc(-c2ccccc2)nc1N1CCCC1. The standard InChI is InChI=1S/C20H24N4O2/c25-20(22-13-16-9-6-12-26-16)17-14-21-18(15-7-2-1-3-8-15)23-19(17)24-10-4-5-11-24/h1-3,7-8,14,16H,4-6,9-13H2,(H,22,25). The summed E-state index contributed by atoms with van der Waals surface area (Å²) in [6.07, 6.45) is 6.10. The van der Waals surface area contributed by atoms with Crippen LogP contribution in [0.5, 0.6) is 0 Å². The van der Waals surface area contributed by atoms with E-state index >= 15 is 0 Å². The number of anilines is 1.